The number of hydrogen-bond donors (Lipinski definition) is 1. The highest BCUT2D eigenvalue weighted by molar-refractivity contribution is 9.10. The Balaban J connectivity index is 3.26. The summed E-state index contributed by atoms with van der Waals surface area (Å²) in [7, 11) is -3.87. The van der Waals surface area contributed by atoms with Crippen molar-refractivity contribution in [3.05, 3.63) is 33.9 Å². The molecule has 0 aliphatic carbocycles. The van der Waals surface area contributed by atoms with Gasteiger partial charge in [-0.25, -0.2) is 12.8 Å². The largest absolute Gasteiger partial charge is 0.307 e. The SMILES string of the molecule is O=[N+]([O-])c1cc(NS(=O)(=O)CBr)c(F)cc1F. The van der Waals surface area contributed by atoms with E-state index in [1.54, 1.807) is 4.72 Å². The molecule has 0 unspecified atom stereocenters. The van der Waals surface area contributed by atoms with Crippen LogP contribution in [0, 0.1) is 21.7 Å². The zero-order chi connectivity index (χ0) is 13.2. The van der Waals surface area contributed by atoms with Crippen molar-refractivity contribution in [3.8, 4) is 0 Å². The van der Waals surface area contributed by atoms with Gasteiger partial charge in [-0.05, 0) is 0 Å². The Kier molecular flexibility index (Phi) is 3.98. The molecule has 1 rings (SSSR count). The summed E-state index contributed by atoms with van der Waals surface area (Å²) in [5.41, 5.74) is -1.70. The van der Waals surface area contributed by atoms with Crippen LogP contribution in [-0.2, 0) is 10.0 Å². The van der Waals surface area contributed by atoms with Crippen molar-refractivity contribution in [1.29, 1.82) is 0 Å². The van der Waals surface area contributed by atoms with E-state index in [1.807, 2.05) is 0 Å². The number of rotatable bonds is 4. The standard InChI is InChI=1S/C7H5BrF2N2O4S/c8-3-17(15,16)11-6-2-7(12(13)14)5(10)1-4(6)9/h1-2,11H,3H2. The predicted molar refractivity (Wildman–Crippen MR) is 59.3 cm³/mol. The summed E-state index contributed by atoms with van der Waals surface area (Å²) in [6, 6.07) is 0.717. The Hall–Kier alpha value is -1.29. The van der Waals surface area contributed by atoms with Crippen molar-refractivity contribution in [2.45, 2.75) is 0 Å². The van der Waals surface area contributed by atoms with Gasteiger partial charge in [0.1, 0.15) is 4.66 Å². The van der Waals surface area contributed by atoms with Gasteiger partial charge < -0.3 is 0 Å². The summed E-state index contributed by atoms with van der Waals surface area (Å²) in [4.78, 5) is 9.29. The second-order valence-corrected chi connectivity index (χ2v) is 5.89. The van der Waals surface area contributed by atoms with Gasteiger partial charge in [-0.2, -0.15) is 4.39 Å². The maximum absolute atomic E-state index is 13.2. The van der Waals surface area contributed by atoms with Crippen molar-refractivity contribution in [2.24, 2.45) is 0 Å². The molecular formula is C7H5BrF2N2O4S. The van der Waals surface area contributed by atoms with Gasteiger partial charge in [-0.3, -0.25) is 14.8 Å². The van der Waals surface area contributed by atoms with E-state index in [1.165, 1.54) is 0 Å². The summed E-state index contributed by atoms with van der Waals surface area (Å²) in [6.07, 6.45) is 0. The zero-order valence-corrected chi connectivity index (χ0v) is 10.4. The molecule has 0 bridgehead atoms. The van der Waals surface area contributed by atoms with Gasteiger partial charge in [0.25, 0.3) is 0 Å². The number of hydrogen-bond acceptors (Lipinski definition) is 4. The summed E-state index contributed by atoms with van der Waals surface area (Å²) in [5.74, 6) is -2.62. The maximum Gasteiger partial charge on any atom is 0.307 e. The molecular weight excluding hydrogens is 326 g/mol. The number of alkyl halides is 1. The molecule has 0 amide bonds. The smallest absolute Gasteiger partial charge is 0.280 e. The van der Waals surface area contributed by atoms with Crippen LogP contribution >= 0.6 is 15.9 Å². The highest BCUT2D eigenvalue weighted by atomic mass is 79.9. The average Bonchev–Trinajstić information content (AvgIpc) is 2.21. The normalized spacial score (nSPS) is 11.2. The number of anilines is 1. The van der Waals surface area contributed by atoms with Gasteiger partial charge in [0.15, 0.2) is 5.82 Å². The van der Waals surface area contributed by atoms with E-state index in [0.29, 0.717) is 6.07 Å². The molecule has 6 nitrogen and oxygen atoms in total. The number of nitrogens with one attached hydrogen (secondary N) is 1. The predicted octanol–water partition coefficient (Wildman–Crippen LogP) is 1.97. The van der Waals surface area contributed by atoms with Crippen molar-refractivity contribution in [3.63, 3.8) is 0 Å². The van der Waals surface area contributed by atoms with E-state index in [0.717, 1.165) is 0 Å². The fraction of sp³-hybridized carbons (Fsp3) is 0.143. The Morgan fingerprint density at radius 3 is 2.41 bits per heavy atom. The van der Waals surface area contributed by atoms with Gasteiger partial charge in [0.05, 0.1) is 10.6 Å². The lowest BCUT2D eigenvalue weighted by Gasteiger charge is -2.06. The number of benzene rings is 1. The number of nitro groups is 1. The molecule has 0 atom stereocenters. The van der Waals surface area contributed by atoms with Crippen LogP contribution in [0.15, 0.2) is 12.1 Å². The molecule has 0 aromatic heterocycles. The van der Waals surface area contributed by atoms with E-state index < -0.39 is 42.6 Å². The van der Waals surface area contributed by atoms with Crippen LogP contribution in [0.4, 0.5) is 20.2 Å². The third-order valence-electron chi connectivity index (χ3n) is 1.64. The van der Waals surface area contributed by atoms with Crippen molar-refractivity contribution in [1.82, 2.24) is 0 Å². The molecule has 0 spiro atoms. The van der Waals surface area contributed by atoms with Gasteiger partial charge in [-0.1, -0.05) is 15.9 Å². The van der Waals surface area contributed by atoms with Crippen molar-refractivity contribution >= 4 is 37.3 Å². The Morgan fingerprint density at radius 2 is 1.94 bits per heavy atom. The number of nitrogens with zero attached hydrogens (tertiary/aromatic N) is 1. The molecule has 1 N–H and O–H groups in total. The molecule has 0 heterocycles. The molecule has 0 radical (unpaired) electrons. The summed E-state index contributed by atoms with van der Waals surface area (Å²) in [5, 5.41) is 10.4. The molecule has 94 valence electrons. The van der Waals surface area contributed by atoms with Gasteiger partial charge in [0.2, 0.25) is 15.8 Å². The summed E-state index contributed by atoms with van der Waals surface area (Å²) in [6.45, 7) is 0. The van der Waals surface area contributed by atoms with Gasteiger partial charge in [0, 0.05) is 12.1 Å². The number of sulfonamides is 1. The fourth-order valence-electron chi connectivity index (χ4n) is 0.950. The first-order chi connectivity index (χ1) is 7.76. The van der Waals surface area contributed by atoms with Crippen molar-refractivity contribution < 1.29 is 22.1 Å². The van der Waals surface area contributed by atoms with Crippen LogP contribution in [0.3, 0.4) is 0 Å². The lowest BCUT2D eigenvalue weighted by Crippen LogP contribution is -2.14. The first-order valence-electron chi connectivity index (χ1n) is 3.96. The van der Waals surface area contributed by atoms with E-state index in [-0.39, 0.29) is 6.07 Å². The summed E-state index contributed by atoms with van der Waals surface area (Å²) >= 11 is 2.63. The molecule has 0 saturated carbocycles. The maximum atomic E-state index is 13.2. The van der Waals surface area contributed by atoms with E-state index in [9.17, 15) is 27.3 Å². The lowest BCUT2D eigenvalue weighted by molar-refractivity contribution is -0.387. The quantitative estimate of drug-likeness (QED) is 0.519. The molecule has 1 aromatic rings. The van der Waals surface area contributed by atoms with Crippen LogP contribution in [0.2, 0.25) is 0 Å². The van der Waals surface area contributed by atoms with Crippen LogP contribution in [-0.4, -0.2) is 18.0 Å². The highest BCUT2D eigenvalue weighted by Crippen LogP contribution is 2.25. The Morgan fingerprint density at radius 1 is 1.35 bits per heavy atom. The third-order valence-corrected chi connectivity index (χ3v) is 4.27. The molecule has 0 aliphatic heterocycles. The average molecular weight is 331 g/mol. The van der Waals surface area contributed by atoms with Crippen molar-refractivity contribution in [2.75, 3.05) is 9.38 Å². The fourth-order valence-corrected chi connectivity index (χ4v) is 1.84. The Labute approximate surface area is 103 Å². The topological polar surface area (TPSA) is 89.3 Å². The molecule has 10 heteroatoms. The molecule has 17 heavy (non-hydrogen) atoms. The van der Waals surface area contributed by atoms with Gasteiger partial charge >= 0.3 is 5.69 Å². The molecule has 0 fully saturated rings. The molecule has 0 saturated heterocycles. The first kappa shape index (κ1) is 13.8. The summed E-state index contributed by atoms with van der Waals surface area (Å²) < 4.78 is 49.5. The minimum atomic E-state index is -3.87. The van der Waals surface area contributed by atoms with Crippen LogP contribution in [0.5, 0.6) is 0 Å². The molecule has 1 aromatic carbocycles. The van der Waals surface area contributed by atoms with E-state index in [2.05, 4.69) is 15.9 Å². The van der Waals surface area contributed by atoms with E-state index in [4.69, 9.17) is 0 Å². The zero-order valence-electron chi connectivity index (χ0n) is 7.98. The highest BCUT2D eigenvalue weighted by Gasteiger charge is 2.20. The van der Waals surface area contributed by atoms with Crippen LogP contribution in [0.25, 0.3) is 0 Å². The number of nitro benzene ring substituents is 1. The first-order valence-corrected chi connectivity index (χ1v) is 6.74. The monoisotopic (exact) mass is 330 g/mol. The second-order valence-electron chi connectivity index (χ2n) is 2.87. The second kappa shape index (κ2) is 4.92. The molecule has 0 aliphatic rings. The lowest BCUT2D eigenvalue weighted by atomic mass is 10.2. The minimum Gasteiger partial charge on any atom is -0.280 e. The van der Waals surface area contributed by atoms with Gasteiger partial charge in [-0.15, -0.1) is 0 Å². The van der Waals surface area contributed by atoms with Crippen LogP contribution in [0.1, 0.15) is 0 Å². The third kappa shape index (κ3) is 3.33. The minimum absolute atomic E-state index is 0.240. The number of halogens is 3. The Bertz CT molecular complexity index is 563. The van der Waals surface area contributed by atoms with E-state index >= 15 is 0 Å². The van der Waals surface area contributed by atoms with Crippen LogP contribution < -0.4 is 4.72 Å².